The largest absolute Gasteiger partial charge is 0.378 e. The van der Waals surface area contributed by atoms with Gasteiger partial charge in [0.25, 0.3) is 5.69 Å². The standard InChI is InChI=1S/C16H17FN2O2/c1-10-6-11(2)14(12(3)7-10)9-18-16-8-13(19(20)21)4-5-15(16)17/h4-8,18H,9H2,1-3H3. The number of anilines is 1. The van der Waals surface area contributed by atoms with E-state index in [4.69, 9.17) is 0 Å². The van der Waals surface area contributed by atoms with Crippen LogP contribution in [0.3, 0.4) is 0 Å². The lowest BCUT2D eigenvalue weighted by molar-refractivity contribution is -0.384. The molecular formula is C16H17FN2O2. The quantitative estimate of drug-likeness (QED) is 0.675. The van der Waals surface area contributed by atoms with Crippen molar-refractivity contribution in [2.75, 3.05) is 5.32 Å². The SMILES string of the molecule is Cc1cc(C)c(CNc2cc([N+](=O)[O-])ccc2F)c(C)c1. The van der Waals surface area contributed by atoms with Crippen LogP contribution in [0.2, 0.25) is 0 Å². The minimum atomic E-state index is -0.535. The first-order valence-corrected chi connectivity index (χ1v) is 6.63. The van der Waals surface area contributed by atoms with Crippen LogP contribution in [0, 0.1) is 36.7 Å². The summed E-state index contributed by atoms with van der Waals surface area (Å²) in [4.78, 5) is 10.2. The van der Waals surface area contributed by atoms with Gasteiger partial charge in [-0.15, -0.1) is 0 Å². The van der Waals surface area contributed by atoms with Gasteiger partial charge in [-0.2, -0.15) is 0 Å². The van der Waals surface area contributed by atoms with Crippen LogP contribution in [0.15, 0.2) is 30.3 Å². The molecular weight excluding hydrogens is 271 g/mol. The summed E-state index contributed by atoms with van der Waals surface area (Å²) in [5, 5.41) is 13.7. The second kappa shape index (κ2) is 5.91. The van der Waals surface area contributed by atoms with Crippen molar-refractivity contribution in [1.29, 1.82) is 0 Å². The average Bonchev–Trinajstić information content (AvgIpc) is 2.39. The zero-order chi connectivity index (χ0) is 15.6. The second-order valence-corrected chi connectivity index (χ2v) is 5.15. The molecule has 2 rings (SSSR count). The molecule has 1 N–H and O–H groups in total. The van der Waals surface area contributed by atoms with Crippen LogP contribution in [0.5, 0.6) is 0 Å². The molecule has 4 nitrogen and oxygen atoms in total. The van der Waals surface area contributed by atoms with Gasteiger partial charge in [-0.25, -0.2) is 4.39 Å². The number of non-ortho nitro benzene ring substituents is 1. The highest BCUT2D eigenvalue weighted by Gasteiger charge is 2.11. The smallest absolute Gasteiger partial charge is 0.271 e. The fourth-order valence-corrected chi connectivity index (χ4v) is 2.43. The Morgan fingerprint density at radius 2 is 1.76 bits per heavy atom. The molecule has 21 heavy (non-hydrogen) atoms. The first-order valence-electron chi connectivity index (χ1n) is 6.63. The van der Waals surface area contributed by atoms with Crippen molar-refractivity contribution in [2.24, 2.45) is 0 Å². The number of nitro groups is 1. The van der Waals surface area contributed by atoms with Crippen molar-refractivity contribution in [1.82, 2.24) is 0 Å². The highest BCUT2D eigenvalue weighted by atomic mass is 19.1. The lowest BCUT2D eigenvalue weighted by atomic mass is 10.00. The summed E-state index contributed by atoms with van der Waals surface area (Å²) < 4.78 is 13.7. The van der Waals surface area contributed by atoms with Gasteiger partial charge in [0.2, 0.25) is 0 Å². The fourth-order valence-electron chi connectivity index (χ4n) is 2.43. The number of nitro benzene ring substituents is 1. The van der Waals surface area contributed by atoms with Crippen LogP contribution >= 0.6 is 0 Å². The minimum absolute atomic E-state index is 0.128. The van der Waals surface area contributed by atoms with E-state index in [0.29, 0.717) is 6.54 Å². The Hall–Kier alpha value is -2.43. The Labute approximate surface area is 122 Å². The van der Waals surface area contributed by atoms with Crippen LogP contribution < -0.4 is 5.32 Å². The van der Waals surface area contributed by atoms with E-state index in [2.05, 4.69) is 17.4 Å². The van der Waals surface area contributed by atoms with Crippen molar-refractivity contribution in [3.8, 4) is 0 Å². The van der Waals surface area contributed by atoms with Gasteiger partial charge in [0, 0.05) is 18.7 Å². The zero-order valence-corrected chi connectivity index (χ0v) is 12.2. The number of hydrogen-bond acceptors (Lipinski definition) is 3. The Morgan fingerprint density at radius 3 is 2.33 bits per heavy atom. The average molecular weight is 288 g/mol. The summed E-state index contributed by atoms with van der Waals surface area (Å²) in [7, 11) is 0. The molecule has 0 bridgehead atoms. The summed E-state index contributed by atoms with van der Waals surface area (Å²) in [6.07, 6.45) is 0. The van der Waals surface area contributed by atoms with Gasteiger partial charge in [0.05, 0.1) is 10.6 Å². The third-order valence-electron chi connectivity index (χ3n) is 3.46. The second-order valence-electron chi connectivity index (χ2n) is 5.15. The van der Waals surface area contributed by atoms with Gasteiger partial charge in [-0.1, -0.05) is 17.7 Å². The third kappa shape index (κ3) is 3.37. The third-order valence-corrected chi connectivity index (χ3v) is 3.46. The first-order chi connectivity index (χ1) is 9.88. The van der Waals surface area contributed by atoms with Gasteiger partial charge >= 0.3 is 0 Å². The van der Waals surface area contributed by atoms with Crippen molar-refractivity contribution in [3.05, 3.63) is 68.5 Å². The summed E-state index contributed by atoms with van der Waals surface area (Å²) in [6.45, 7) is 6.45. The van der Waals surface area contributed by atoms with Crippen molar-refractivity contribution in [3.63, 3.8) is 0 Å². The van der Waals surface area contributed by atoms with E-state index in [1.54, 1.807) is 0 Å². The lowest BCUT2D eigenvalue weighted by Crippen LogP contribution is -2.06. The molecule has 0 radical (unpaired) electrons. The van der Waals surface area contributed by atoms with E-state index >= 15 is 0 Å². The predicted molar refractivity (Wildman–Crippen MR) is 81.0 cm³/mol. The van der Waals surface area contributed by atoms with Crippen LogP contribution in [0.25, 0.3) is 0 Å². The number of hydrogen-bond donors (Lipinski definition) is 1. The van der Waals surface area contributed by atoms with Crippen molar-refractivity contribution >= 4 is 11.4 Å². The van der Waals surface area contributed by atoms with E-state index < -0.39 is 10.7 Å². The predicted octanol–water partition coefficient (Wildman–Crippen LogP) is 4.27. The van der Waals surface area contributed by atoms with E-state index in [1.807, 2.05) is 20.8 Å². The molecule has 0 saturated heterocycles. The van der Waals surface area contributed by atoms with Gasteiger partial charge in [-0.3, -0.25) is 10.1 Å². The molecule has 0 fully saturated rings. The number of rotatable bonds is 4. The topological polar surface area (TPSA) is 55.2 Å². The van der Waals surface area contributed by atoms with E-state index in [0.717, 1.165) is 28.8 Å². The number of halogens is 1. The van der Waals surface area contributed by atoms with Gasteiger partial charge in [-0.05, 0) is 43.5 Å². The molecule has 2 aromatic rings. The molecule has 0 aliphatic heterocycles. The monoisotopic (exact) mass is 288 g/mol. The summed E-state index contributed by atoms with van der Waals surface area (Å²) >= 11 is 0. The van der Waals surface area contributed by atoms with Crippen LogP contribution in [-0.4, -0.2) is 4.92 Å². The number of benzene rings is 2. The highest BCUT2D eigenvalue weighted by molar-refractivity contribution is 5.53. The highest BCUT2D eigenvalue weighted by Crippen LogP contribution is 2.23. The summed E-state index contributed by atoms with van der Waals surface area (Å²) in [6, 6.07) is 7.61. The maximum absolute atomic E-state index is 13.7. The molecule has 0 aromatic heterocycles. The molecule has 0 atom stereocenters. The Balaban J connectivity index is 2.24. The molecule has 0 aliphatic rings. The maximum atomic E-state index is 13.7. The fraction of sp³-hybridized carbons (Fsp3) is 0.250. The van der Waals surface area contributed by atoms with Crippen molar-refractivity contribution < 1.29 is 9.31 Å². The lowest BCUT2D eigenvalue weighted by Gasteiger charge is -2.13. The maximum Gasteiger partial charge on any atom is 0.271 e. The van der Waals surface area contributed by atoms with Crippen molar-refractivity contribution in [2.45, 2.75) is 27.3 Å². The summed E-state index contributed by atoms with van der Waals surface area (Å²) in [5.74, 6) is -0.497. The molecule has 0 saturated carbocycles. The van der Waals surface area contributed by atoms with Crippen LogP contribution in [0.4, 0.5) is 15.8 Å². The molecule has 0 unspecified atom stereocenters. The minimum Gasteiger partial charge on any atom is -0.378 e. The van der Waals surface area contributed by atoms with E-state index in [-0.39, 0.29) is 11.4 Å². The number of aryl methyl sites for hydroxylation is 3. The Morgan fingerprint density at radius 1 is 1.14 bits per heavy atom. The van der Waals surface area contributed by atoms with Crippen LogP contribution in [0.1, 0.15) is 22.3 Å². The normalized spacial score (nSPS) is 10.5. The molecule has 0 spiro atoms. The van der Waals surface area contributed by atoms with E-state index in [1.165, 1.54) is 11.6 Å². The summed E-state index contributed by atoms with van der Waals surface area (Å²) in [5.41, 5.74) is 4.50. The van der Waals surface area contributed by atoms with Crippen LogP contribution in [-0.2, 0) is 6.54 Å². The van der Waals surface area contributed by atoms with Gasteiger partial charge in [0.15, 0.2) is 0 Å². The number of nitrogens with one attached hydrogen (secondary N) is 1. The Kier molecular flexibility index (Phi) is 4.21. The molecule has 0 heterocycles. The first kappa shape index (κ1) is 15.0. The van der Waals surface area contributed by atoms with E-state index in [9.17, 15) is 14.5 Å². The zero-order valence-electron chi connectivity index (χ0n) is 12.2. The van der Waals surface area contributed by atoms with Gasteiger partial charge in [0.1, 0.15) is 5.82 Å². The molecule has 2 aromatic carbocycles. The molecule has 5 heteroatoms. The molecule has 0 aliphatic carbocycles. The molecule has 0 amide bonds. The number of nitrogens with zero attached hydrogens (tertiary/aromatic N) is 1. The van der Waals surface area contributed by atoms with Gasteiger partial charge < -0.3 is 5.32 Å². The Bertz CT molecular complexity index is 676. The molecule has 110 valence electrons.